The number of benzene rings is 2. The van der Waals surface area contributed by atoms with E-state index < -0.39 is 0 Å². The van der Waals surface area contributed by atoms with Crippen LogP contribution in [-0.2, 0) is 6.61 Å². The van der Waals surface area contributed by atoms with Crippen LogP contribution in [0.2, 0.25) is 10.0 Å². The Morgan fingerprint density at radius 2 is 1.88 bits per heavy atom. The van der Waals surface area contributed by atoms with E-state index in [1.165, 1.54) is 5.56 Å². The summed E-state index contributed by atoms with van der Waals surface area (Å²) in [6, 6.07) is 13.4. The maximum Gasteiger partial charge on any atom is 0.138 e. The molecular weight excluding hydrogens is 255 g/mol. The van der Waals surface area contributed by atoms with Gasteiger partial charge in [0.2, 0.25) is 0 Å². The quantitative estimate of drug-likeness (QED) is 0.770. The van der Waals surface area contributed by atoms with Crippen molar-refractivity contribution in [2.24, 2.45) is 0 Å². The Bertz CT molecular complexity index is 523. The average Bonchev–Trinajstić information content (AvgIpc) is 2.28. The van der Waals surface area contributed by atoms with Crippen LogP contribution in [0.3, 0.4) is 0 Å². The molecule has 2 rings (SSSR count). The van der Waals surface area contributed by atoms with Gasteiger partial charge in [0, 0.05) is 5.02 Å². The van der Waals surface area contributed by atoms with Gasteiger partial charge in [-0.2, -0.15) is 0 Å². The molecular formula is C14H12Cl2O. The summed E-state index contributed by atoms with van der Waals surface area (Å²) in [5, 5.41) is 1.14. The second-order valence-corrected chi connectivity index (χ2v) is 4.70. The van der Waals surface area contributed by atoms with Crippen LogP contribution in [0.15, 0.2) is 42.5 Å². The molecule has 1 nitrogen and oxygen atoms in total. The summed E-state index contributed by atoms with van der Waals surface area (Å²) >= 11 is 11.8. The Hall–Kier alpha value is -1.18. The third-order valence-corrected chi connectivity index (χ3v) is 2.90. The fourth-order valence-corrected chi connectivity index (χ4v) is 2.02. The van der Waals surface area contributed by atoms with Crippen molar-refractivity contribution in [2.75, 3.05) is 0 Å². The van der Waals surface area contributed by atoms with Crippen molar-refractivity contribution in [3.8, 4) is 5.75 Å². The number of hydrogen-bond acceptors (Lipinski definition) is 1. The highest BCUT2D eigenvalue weighted by Gasteiger charge is 2.02. The molecule has 3 heteroatoms. The summed E-state index contributed by atoms with van der Waals surface area (Å²) < 4.78 is 5.64. The van der Waals surface area contributed by atoms with Gasteiger partial charge in [-0.05, 0) is 30.7 Å². The van der Waals surface area contributed by atoms with Gasteiger partial charge >= 0.3 is 0 Å². The molecule has 0 radical (unpaired) electrons. The van der Waals surface area contributed by atoms with Gasteiger partial charge in [-0.3, -0.25) is 0 Å². The molecule has 0 unspecified atom stereocenters. The summed E-state index contributed by atoms with van der Waals surface area (Å²) in [4.78, 5) is 0. The zero-order valence-electron chi connectivity index (χ0n) is 9.41. The molecule has 0 fully saturated rings. The van der Waals surface area contributed by atoms with Gasteiger partial charge in [0.15, 0.2) is 0 Å². The number of rotatable bonds is 3. The molecule has 0 aliphatic heterocycles. The molecule has 0 aromatic heterocycles. The third-order valence-electron chi connectivity index (χ3n) is 2.37. The van der Waals surface area contributed by atoms with Crippen molar-refractivity contribution in [3.63, 3.8) is 0 Å². The molecule has 0 heterocycles. The lowest BCUT2D eigenvalue weighted by molar-refractivity contribution is 0.306. The van der Waals surface area contributed by atoms with Crippen LogP contribution < -0.4 is 4.74 Å². The van der Waals surface area contributed by atoms with Crippen molar-refractivity contribution in [1.82, 2.24) is 0 Å². The van der Waals surface area contributed by atoms with Gasteiger partial charge in [0.05, 0.1) is 5.02 Å². The Balaban J connectivity index is 2.07. The van der Waals surface area contributed by atoms with E-state index in [0.717, 1.165) is 5.56 Å². The summed E-state index contributed by atoms with van der Waals surface area (Å²) in [7, 11) is 0. The normalized spacial score (nSPS) is 10.3. The van der Waals surface area contributed by atoms with Gasteiger partial charge in [-0.1, -0.05) is 53.0 Å². The summed E-state index contributed by atoms with van der Waals surface area (Å²) in [5.74, 6) is 0.651. The molecule has 0 spiro atoms. The summed E-state index contributed by atoms with van der Waals surface area (Å²) in [6.45, 7) is 2.56. The standard InChI is InChI=1S/C14H12Cl2O/c1-10-3-2-4-11(7-10)9-17-14-6-5-12(15)8-13(14)16/h2-8H,9H2,1H3. The number of aryl methyl sites for hydroxylation is 1. The molecule has 17 heavy (non-hydrogen) atoms. The molecule has 2 aromatic carbocycles. The second kappa shape index (κ2) is 5.44. The van der Waals surface area contributed by atoms with E-state index in [1.54, 1.807) is 18.2 Å². The Kier molecular flexibility index (Phi) is 3.93. The van der Waals surface area contributed by atoms with E-state index in [1.807, 2.05) is 12.1 Å². The Morgan fingerprint density at radius 1 is 1.06 bits per heavy atom. The molecule has 0 bridgehead atoms. The first-order valence-electron chi connectivity index (χ1n) is 5.28. The van der Waals surface area contributed by atoms with E-state index in [2.05, 4.69) is 19.1 Å². The third kappa shape index (κ3) is 3.39. The molecule has 0 amide bonds. The van der Waals surface area contributed by atoms with Crippen molar-refractivity contribution >= 4 is 23.2 Å². The van der Waals surface area contributed by atoms with Crippen LogP contribution in [-0.4, -0.2) is 0 Å². The van der Waals surface area contributed by atoms with E-state index >= 15 is 0 Å². The van der Waals surface area contributed by atoms with E-state index in [0.29, 0.717) is 22.4 Å². The van der Waals surface area contributed by atoms with Gasteiger partial charge in [0.1, 0.15) is 12.4 Å². The topological polar surface area (TPSA) is 9.23 Å². The first-order valence-corrected chi connectivity index (χ1v) is 6.04. The predicted octanol–water partition coefficient (Wildman–Crippen LogP) is 4.88. The van der Waals surface area contributed by atoms with Crippen molar-refractivity contribution in [3.05, 3.63) is 63.6 Å². The minimum Gasteiger partial charge on any atom is -0.487 e. The monoisotopic (exact) mass is 266 g/mol. The molecule has 0 saturated carbocycles. The Labute approximate surface area is 111 Å². The van der Waals surface area contributed by atoms with E-state index in [4.69, 9.17) is 27.9 Å². The van der Waals surface area contributed by atoms with Crippen molar-refractivity contribution < 1.29 is 4.74 Å². The average molecular weight is 267 g/mol. The highest BCUT2D eigenvalue weighted by molar-refractivity contribution is 6.35. The largest absolute Gasteiger partial charge is 0.487 e. The fraction of sp³-hybridized carbons (Fsp3) is 0.143. The van der Waals surface area contributed by atoms with E-state index in [9.17, 15) is 0 Å². The number of halogens is 2. The maximum atomic E-state index is 6.02. The molecule has 0 aliphatic carbocycles. The van der Waals surface area contributed by atoms with Gasteiger partial charge < -0.3 is 4.74 Å². The van der Waals surface area contributed by atoms with Gasteiger partial charge in [0.25, 0.3) is 0 Å². The second-order valence-electron chi connectivity index (χ2n) is 3.85. The first kappa shape index (κ1) is 12.3. The molecule has 0 N–H and O–H groups in total. The van der Waals surface area contributed by atoms with Crippen LogP contribution in [0.25, 0.3) is 0 Å². The van der Waals surface area contributed by atoms with Gasteiger partial charge in [-0.15, -0.1) is 0 Å². The lowest BCUT2D eigenvalue weighted by Gasteiger charge is -2.08. The molecule has 0 atom stereocenters. The lowest BCUT2D eigenvalue weighted by Crippen LogP contribution is -1.96. The van der Waals surface area contributed by atoms with Crippen LogP contribution in [0.4, 0.5) is 0 Å². The van der Waals surface area contributed by atoms with Crippen molar-refractivity contribution in [1.29, 1.82) is 0 Å². The van der Waals surface area contributed by atoms with Crippen molar-refractivity contribution in [2.45, 2.75) is 13.5 Å². The lowest BCUT2D eigenvalue weighted by atomic mass is 10.1. The number of ether oxygens (including phenoxy) is 1. The smallest absolute Gasteiger partial charge is 0.138 e. The minimum absolute atomic E-state index is 0.503. The SMILES string of the molecule is Cc1cccc(COc2ccc(Cl)cc2Cl)c1. The first-order chi connectivity index (χ1) is 8.15. The van der Waals surface area contributed by atoms with Crippen LogP contribution in [0.5, 0.6) is 5.75 Å². The maximum absolute atomic E-state index is 6.02. The Morgan fingerprint density at radius 3 is 2.59 bits per heavy atom. The molecule has 0 saturated heterocycles. The highest BCUT2D eigenvalue weighted by atomic mass is 35.5. The molecule has 2 aromatic rings. The predicted molar refractivity (Wildman–Crippen MR) is 72.0 cm³/mol. The van der Waals surface area contributed by atoms with Gasteiger partial charge in [-0.25, -0.2) is 0 Å². The summed E-state index contributed by atoms with van der Waals surface area (Å²) in [5.41, 5.74) is 2.34. The minimum atomic E-state index is 0.503. The van der Waals surface area contributed by atoms with Crippen LogP contribution in [0, 0.1) is 6.92 Å². The zero-order valence-corrected chi connectivity index (χ0v) is 10.9. The summed E-state index contributed by atoms with van der Waals surface area (Å²) in [6.07, 6.45) is 0. The van der Waals surface area contributed by atoms with E-state index in [-0.39, 0.29) is 0 Å². The highest BCUT2D eigenvalue weighted by Crippen LogP contribution is 2.28. The fourth-order valence-electron chi connectivity index (χ4n) is 1.56. The van der Waals surface area contributed by atoms with Crippen LogP contribution >= 0.6 is 23.2 Å². The molecule has 88 valence electrons. The number of hydrogen-bond donors (Lipinski definition) is 0. The zero-order chi connectivity index (χ0) is 12.3. The molecule has 0 aliphatic rings. The van der Waals surface area contributed by atoms with Crippen LogP contribution in [0.1, 0.15) is 11.1 Å².